The van der Waals surface area contributed by atoms with Gasteiger partial charge in [-0.1, -0.05) is 15.9 Å². The van der Waals surface area contributed by atoms with E-state index in [1.807, 2.05) is 41.5 Å². The van der Waals surface area contributed by atoms with Crippen molar-refractivity contribution in [3.63, 3.8) is 0 Å². The third kappa shape index (κ3) is 9.61. The molecule has 0 unspecified atom stereocenters. The first kappa shape index (κ1) is 22.2. The van der Waals surface area contributed by atoms with Crippen LogP contribution in [0.15, 0.2) is 40.9 Å². The number of hydrogen-bond donors (Lipinski definition) is 1. The largest absolute Gasteiger partial charge is 0.488 e. The molecular weight excluding hydrogens is 404 g/mol. The smallest absolute Gasteiger partial charge is 0.128 e. The first-order chi connectivity index (χ1) is 11.7. The van der Waals surface area contributed by atoms with Crippen LogP contribution in [0.3, 0.4) is 0 Å². The van der Waals surface area contributed by atoms with Crippen molar-refractivity contribution in [3.05, 3.63) is 52.5 Å². The van der Waals surface area contributed by atoms with Gasteiger partial charge in [0.25, 0.3) is 0 Å². The van der Waals surface area contributed by atoms with E-state index in [1.165, 1.54) is 24.3 Å². The number of nitrogens with two attached hydrogens (primary N) is 1. The van der Waals surface area contributed by atoms with Gasteiger partial charge in [-0.05, 0) is 59.7 Å². The van der Waals surface area contributed by atoms with E-state index < -0.39 is 0 Å². The monoisotopic (exact) mass is 429 g/mol. The Labute approximate surface area is 162 Å². The van der Waals surface area contributed by atoms with Gasteiger partial charge >= 0.3 is 0 Å². The molecule has 2 rings (SSSR count). The van der Waals surface area contributed by atoms with E-state index in [1.54, 1.807) is 12.1 Å². The molecule has 0 atom stereocenters. The molecule has 0 heterocycles. The van der Waals surface area contributed by atoms with Crippen molar-refractivity contribution in [1.29, 1.82) is 0 Å². The highest BCUT2D eigenvalue weighted by Crippen LogP contribution is 2.24. The zero-order valence-corrected chi connectivity index (χ0v) is 17.6. The van der Waals surface area contributed by atoms with Crippen LogP contribution in [0.1, 0.15) is 41.5 Å². The predicted octanol–water partition coefficient (Wildman–Crippen LogP) is 6.35. The van der Waals surface area contributed by atoms with Gasteiger partial charge in [0.2, 0.25) is 0 Å². The molecule has 26 heavy (non-hydrogen) atoms. The van der Waals surface area contributed by atoms with Crippen molar-refractivity contribution in [2.24, 2.45) is 0 Å². The molecule has 0 aliphatic heterocycles. The van der Waals surface area contributed by atoms with Crippen LogP contribution >= 0.6 is 15.9 Å². The molecule has 0 aromatic heterocycles. The molecule has 0 amide bonds. The van der Waals surface area contributed by atoms with Crippen LogP contribution < -0.4 is 15.2 Å². The van der Waals surface area contributed by atoms with Crippen molar-refractivity contribution in [1.82, 2.24) is 0 Å². The fraction of sp³-hybridized carbons (Fsp3) is 0.400. The van der Waals surface area contributed by atoms with Crippen LogP contribution in [0.4, 0.5) is 14.5 Å². The minimum absolute atomic E-state index is 0.298. The average Bonchev–Trinajstić information content (AvgIpc) is 2.31. The van der Waals surface area contributed by atoms with Gasteiger partial charge in [0, 0.05) is 28.4 Å². The number of nitrogen functional groups attached to an aromatic ring is 1. The zero-order valence-electron chi connectivity index (χ0n) is 16.0. The van der Waals surface area contributed by atoms with Gasteiger partial charge in [0.15, 0.2) is 0 Å². The average molecular weight is 430 g/mol. The Morgan fingerprint density at radius 2 is 1.15 bits per heavy atom. The van der Waals surface area contributed by atoms with Crippen LogP contribution in [0.25, 0.3) is 0 Å². The second-order valence-corrected chi connectivity index (χ2v) is 8.67. The second-order valence-electron chi connectivity index (χ2n) is 7.75. The number of halogens is 3. The summed E-state index contributed by atoms with van der Waals surface area (Å²) in [6.45, 7) is 11.5. The van der Waals surface area contributed by atoms with Crippen molar-refractivity contribution >= 4 is 21.6 Å². The van der Waals surface area contributed by atoms with Crippen LogP contribution in [0.2, 0.25) is 0 Å². The summed E-state index contributed by atoms with van der Waals surface area (Å²) in [5.74, 6) is 0.331. The summed E-state index contributed by atoms with van der Waals surface area (Å²) >= 11 is 3.20. The molecule has 6 heteroatoms. The molecule has 0 aliphatic carbocycles. The highest BCUT2D eigenvalue weighted by atomic mass is 79.9. The first-order valence-electron chi connectivity index (χ1n) is 8.14. The summed E-state index contributed by atoms with van der Waals surface area (Å²) < 4.78 is 37.4. The molecule has 0 saturated carbocycles. The molecular formula is C20H26BrF2NO2. The highest BCUT2D eigenvalue weighted by Gasteiger charge is 2.13. The van der Waals surface area contributed by atoms with Gasteiger partial charge in [-0.2, -0.15) is 0 Å². The maximum atomic E-state index is 12.9. The molecule has 144 valence electrons. The Morgan fingerprint density at radius 3 is 1.54 bits per heavy atom. The van der Waals surface area contributed by atoms with Gasteiger partial charge in [-0.25, -0.2) is 8.78 Å². The lowest BCUT2D eigenvalue weighted by molar-refractivity contribution is 0.130. The fourth-order valence-electron chi connectivity index (χ4n) is 1.94. The second kappa shape index (κ2) is 8.71. The Bertz CT molecular complexity index is 634. The molecule has 3 nitrogen and oxygen atoms in total. The Kier molecular flexibility index (Phi) is 7.45. The van der Waals surface area contributed by atoms with Crippen molar-refractivity contribution in [2.75, 3.05) is 5.73 Å². The standard InChI is InChI=1S/C10H12BrFO.C10H14FNO/c2*1-10(2,3)13-9-5-7(11)4-8(12)6-9/h4-6H,1-3H3;4-6H,12H2,1-3H3. The van der Waals surface area contributed by atoms with Gasteiger partial charge in [0.05, 0.1) is 0 Å². The Hall–Kier alpha value is -1.82. The molecule has 0 saturated heterocycles. The summed E-state index contributed by atoms with van der Waals surface area (Å²) in [6, 6.07) is 8.70. The molecule has 0 fully saturated rings. The summed E-state index contributed by atoms with van der Waals surface area (Å²) in [5.41, 5.74) is 5.20. The fourth-order valence-corrected chi connectivity index (χ4v) is 2.38. The molecule has 0 bridgehead atoms. The summed E-state index contributed by atoms with van der Waals surface area (Å²) in [4.78, 5) is 0. The highest BCUT2D eigenvalue weighted by molar-refractivity contribution is 9.10. The van der Waals surface area contributed by atoms with Crippen molar-refractivity contribution in [2.45, 2.75) is 52.7 Å². The quantitative estimate of drug-likeness (QED) is 0.565. The zero-order chi connectivity index (χ0) is 20.1. The molecule has 2 aromatic carbocycles. The Balaban J connectivity index is 0.000000260. The Morgan fingerprint density at radius 1 is 0.731 bits per heavy atom. The number of anilines is 1. The molecule has 0 radical (unpaired) electrons. The van der Waals surface area contributed by atoms with Gasteiger partial charge in [-0.3, -0.25) is 0 Å². The van der Waals surface area contributed by atoms with Crippen molar-refractivity contribution < 1.29 is 18.3 Å². The van der Waals surface area contributed by atoms with Gasteiger partial charge in [-0.15, -0.1) is 0 Å². The van der Waals surface area contributed by atoms with Crippen LogP contribution in [-0.2, 0) is 0 Å². The van der Waals surface area contributed by atoms with E-state index in [0.29, 0.717) is 21.7 Å². The lowest BCUT2D eigenvalue weighted by atomic mass is 10.2. The van der Waals surface area contributed by atoms with Crippen molar-refractivity contribution in [3.8, 4) is 11.5 Å². The maximum Gasteiger partial charge on any atom is 0.128 e. The van der Waals surface area contributed by atoms with E-state index in [4.69, 9.17) is 15.2 Å². The van der Waals surface area contributed by atoms with E-state index >= 15 is 0 Å². The third-order valence-electron chi connectivity index (χ3n) is 2.58. The topological polar surface area (TPSA) is 44.5 Å². The first-order valence-corrected chi connectivity index (χ1v) is 8.93. The summed E-state index contributed by atoms with van der Waals surface area (Å²) in [7, 11) is 0. The maximum absolute atomic E-state index is 12.9. The summed E-state index contributed by atoms with van der Waals surface area (Å²) in [6.07, 6.45) is 0. The number of ether oxygens (including phenoxy) is 2. The van der Waals surface area contributed by atoms with Gasteiger partial charge in [0.1, 0.15) is 34.3 Å². The predicted molar refractivity (Wildman–Crippen MR) is 106 cm³/mol. The third-order valence-corrected chi connectivity index (χ3v) is 3.04. The SMILES string of the molecule is CC(C)(C)Oc1cc(F)cc(Br)c1.CC(C)(C)Oc1cc(N)cc(F)c1. The molecule has 2 N–H and O–H groups in total. The summed E-state index contributed by atoms with van der Waals surface area (Å²) in [5, 5.41) is 0. The number of rotatable bonds is 2. The lowest BCUT2D eigenvalue weighted by Gasteiger charge is -2.21. The van der Waals surface area contributed by atoms with Crippen LogP contribution in [-0.4, -0.2) is 11.2 Å². The van der Waals surface area contributed by atoms with Crippen LogP contribution in [0, 0.1) is 11.6 Å². The molecule has 2 aromatic rings. The van der Waals surface area contributed by atoms with Gasteiger partial charge < -0.3 is 15.2 Å². The minimum atomic E-state index is -0.376. The lowest BCUT2D eigenvalue weighted by Crippen LogP contribution is -2.23. The minimum Gasteiger partial charge on any atom is -0.488 e. The molecule has 0 spiro atoms. The van der Waals surface area contributed by atoms with E-state index in [-0.39, 0.29) is 22.8 Å². The normalized spacial score (nSPS) is 11.4. The number of benzene rings is 2. The number of hydrogen-bond acceptors (Lipinski definition) is 3. The van der Waals surface area contributed by atoms with E-state index in [2.05, 4.69) is 15.9 Å². The molecule has 0 aliphatic rings. The van der Waals surface area contributed by atoms with E-state index in [9.17, 15) is 8.78 Å². The van der Waals surface area contributed by atoms with Crippen LogP contribution in [0.5, 0.6) is 11.5 Å². The van der Waals surface area contributed by atoms with E-state index in [0.717, 1.165) is 0 Å².